The fourth-order valence-corrected chi connectivity index (χ4v) is 8.96. The largest absolute Gasteiger partial charge is 0.453 e. The number of hydrogen-bond acceptors (Lipinski definition) is 10. The van der Waals surface area contributed by atoms with Crippen molar-refractivity contribution < 1.29 is 32.3 Å². The van der Waals surface area contributed by atoms with Gasteiger partial charge in [-0.3, -0.25) is 19.1 Å². The Balaban J connectivity index is 0.951. The van der Waals surface area contributed by atoms with Crippen molar-refractivity contribution in [3.8, 4) is 5.88 Å². The number of nitrogens with zero attached hydrogens (tertiary/aromatic N) is 4. The lowest BCUT2D eigenvalue weighted by Crippen LogP contribution is -2.65. The minimum absolute atomic E-state index is 0.0111. The van der Waals surface area contributed by atoms with Gasteiger partial charge in [0.15, 0.2) is 0 Å². The number of amides is 2. The summed E-state index contributed by atoms with van der Waals surface area (Å²) in [6.07, 6.45) is 6.97. The van der Waals surface area contributed by atoms with Crippen LogP contribution in [0.3, 0.4) is 0 Å². The van der Waals surface area contributed by atoms with Crippen molar-refractivity contribution in [2.45, 2.75) is 67.0 Å². The molecule has 14 heteroatoms. The second kappa shape index (κ2) is 14.7. The van der Waals surface area contributed by atoms with E-state index in [0.717, 1.165) is 19.4 Å². The fraction of sp³-hybridized carbons (Fsp3) is 0.515. The van der Waals surface area contributed by atoms with Crippen LogP contribution in [-0.2, 0) is 19.4 Å². The van der Waals surface area contributed by atoms with Gasteiger partial charge in [0.2, 0.25) is 11.8 Å². The van der Waals surface area contributed by atoms with Crippen LogP contribution in [0.1, 0.15) is 44.9 Å². The molecule has 2 aromatic carbocycles. The van der Waals surface area contributed by atoms with Crippen LogP contribution in [0.4, 0.5) is 5.69 Å². The molecule has 2 amide bonds. The molecule has 13 nitrogen and oxygen atoms in total. The van der Waals surface area contributed by atoms with Gasteiger partial charge >= 0.3 is 10.9 Å². The molecule has 2 N–H and O–H groups in total. The van der Waals surface area contributed by atoms with E-state index in [2.05, 4.69) is 60.6 Å². The van der Waals surface area contributed by atoms with Gasteiger partial charge in [-0.1, -0.05) is 36.4 Å². The first-order chi connectivity index (χ1) is 22.8. The first-order valence-electron chi connectivity index (χ1n) is 16.4. The molecule has 3 aliphatic rings. The molecule has 1 aromatic heterocycles. The SMILES string of the molecule is O=C(CCCC1C2CCCN3CCCC(CN1c1ccccc1)C23)NCC(=O)NCCOc1no[n+]([O-])c1S(=O)(=O)c1ccccc1. The van der Waals surface area contributed by atoms with Crippen molar-refractivity contribution in [1.29, 1.82) is 0 Å². The molecular weight excluding hydrogens is 624 g/mol. The van der Waals surface area contributed by atoms with Crippen molar-refractivity contribution in [2.24, 2.45) is 11.8 Å². The summed E-state index contributed by atoms with van der Waals surface area (Å²) in [5.41, 5.74) is 1.26. The number of carbonyl (C=O) groups is 2. The molecule has 0 radical (unpaired) electrons. The highest BCUT2D eigenvalue weighted by atomic mass is 32.2. The Hall–Kier alpha value is -4.17. The molecule has 3 aliphatic heterocycles. The second-order valence-corrected chi connectivity index (χ2v) is 14.4. The average molecular weight is 667 g/mol. The summed E-state index contributed by atoms with van der Waals surface area (Å²) in [5.74, 6) is 0.157. The van der Waals surface area contributed by atoms with Gasteiger partial charge in [-0.05, 0) is 92.6 Å². The quantitative estimate of drug-likeness (QED) is 0.205. The first-order valence-corrected chi connectivity index (χ1v) is 17.9. The highest BCUT2D eigenvalue weighted by molar-refractivity contribution is 7.91. The minimum Gasteiger partial charge on any atom is -0.453 e. The van der Waals surface area contributed by atoms with Gasteiger partial charge in [0.1, 0.15) is 6.61 Å². The van der Waals surface area contributed by atoms with Gasteiger partial charge in [-0.2, -0.15) is 0 Å². The number of benzene rings is 2. The van der Waals surface area contributed by atoms with Crippen LogP contribution in [0.25, 0.3) is 0 Å². The molecule has 47 heavy (non-hydrogen) atoms. The predicted molar refractivity (Wildman–Crippen MR) is 171 cm³/mol. The van der Waals surface area contributed by atoms with Crippen molar-refractivity contribution in [2.75, 3.05) is 44.2 Å². The minimum atomic E-state index is -4.24. The number of aromatic nitrogens is 2. The zero-order chi connectivity index (χ0) is 32.8. The van der Waals surface area contributed by atoms with Crippen LogP contribution in [-0.4, -0.2) is 81.7 Å². The lowest BCUT2D eigenvalue weighted by molar-refractivity contribution is -0.832. The van der Waals surface area contributed by atoms with Crippen LogP contribution in [0.15, 0.2) is 75.2 Å². The maximum Gasteiger partial charge on any atom is 0.415 e. The number of carbonyl (C=O) groups excluding carboxylic acids is 2. The van der Waals surface area contributed by atoms with Crippen LogP contribution in [0, 0.1) is 17.0 Å². The van der Waals surface area contributed by atoms with E-state index < -0.39 is 26.7 Å². The number of para-hydroxylation sites is 1. The van der Waals surface area contributed by atoms with Crippen LogP contribution < -0.4 is 25.2 Å². The van der Waals surface area contributed by atoms with E-state index >= 15 is 0 Å². The topological polar surface area (TPSA) is 161 Å². The van der Waals surface area contributed by atoms with E-state index in [1.165, 1.54) is 68.7 Å². The molecule has 4 heterocycles. The van der Waals surface area contributed by atoms with Crippen molar-refractivity contribution >= 4 is 27.3 Å². The Bertz CT molecular complexity index is 1620. The lowest BCUT2D eigenvalue weighted by Gasteiger charge is -2.58. The van der Waals surface area contributed by atoms with Gasteiger partial charge in [0.25, 0.3) is 9.84 Å². The van der Waals surface area contributed by atoms with Crippen LogP contribution >= 0.6 is 0 Å². The highest BCUT2D eigenvalue weighted by Gasteiger charge is 2.48. The average Bonchev–Trinajstić information content (AvgIpc) is 3.48. The molecule has 3 fully saturated rings. The Morgan fingerprint density at radius 1 is 1.00 bits per heavy atom. The molecule has 0 bridgehead atoms. The lowest BCUT2D eigenvalue weighted by atomic mass is 9.69. The molecule has 0 saturated carbocycles. The van der Waals surface area contributed by atoms with Crippen LogP contribution in [0.5, 0.6) is 5.88 Å². The molecule has 4 unspecified atom stereocenters. The molecule has 3 saturated heterocycles. The van der Waals surface area contributed by atoms with Gasteiger partial charge in [0.05, 0.1) is 23.1 Å². The van der Waals surface area contributed by atoms with Gasteiger partial charge in [-0.25, -0.2) is 8.42 Å². The number of rotatable bonds is 13. The summed E-state index contributed by atoms with van der Waals surface area (Å²) >= 11 is 0. The molecule has 3 aromatic rings. The van der Waals surface area contributed by atoms with E-state index in [0.29, 0.717) is 30.3 Å². The smallest absolute Gasteiger partial charge is 0.415 e. The standard InChI is InChI=1S/C33H42N6O7S/c40-29(35-22-30(41)34-18-21-45-32-33(39(42)46-36-32)47(43,44)26-13-5-2-6-14-26)17-7-16-28-27-15-9-20-37-19-8-10-24(31(27)37)23-38(28)25-11-3-1-4-12-25/h1-6,11-14,24,27-28,31H,7-10,15-23H2,(H,34,41)(H,35,40). The third kappa shape index (κ3) is 7.38. The number of hydrogen-bond donors (Lipinski definition) is 2. The molecule has 4 atom stereocenters. The summed E-state index contributed by atoms with van der Waals surface area (Å²) in [6, 6.07) is 19.0. The first kappa shape index (κ1) is 32.8. The summed E-state index contributed by atoms with van der Waals surface area (Å²) in [6.45, 7) is 3.07. The third-order valence-electron chi connectivity index (χ3n) is 9.63. The molecule has 6 rings (SSSR count). The zero-order valence-corrected chi connectivity index (χ0v) is 27.1. The fourth-order valence-electron chi connectivity index (χ4n) is 7.66. The Kier molecular flexibility index (Phi) is 10.3. The summed E-state index contributed by atoms with van der Waals surface area (Å²) in [4.78, 5) is 30.1. The van der Waals surface area contributed by atoms with E-state index in [1.54, 1.807) is 6.07 Å². The third-order valence-corrected chi connectivity index (χ3v) is 11.4. The number of nitrogens with one attached hydrogen (secondary N) is 2. The zero-order valence-electron chi connectivity index (χ0n) is 26.3. The second-order valence-electron chi connectivity index (χ2n) is 12.5. The van der Waals surface area contributed by atoms with E-state index in [4.69, 9.17) is 4.74 Å². The Morgan fingerprint density at radius 2 is 1.72 bits per heavy atom. The predicted octanol–water partition coefficient (Wildman–Crippen LogP) is 2.30. The van der Waals surface area contributed by atoms with E-state index in [-0.39, 0.29) is 35.4 Å². The van der Waals surface area contributed by atoms with Gasteiger partial charge in [-0.15, -0.1) is 0 Å². The molecule has 252 valence electrons. The van der Waals surface area contributed by atoms with Gasteiger partial charge < -0.3 is 25.5 Å². The normalized spacial score (nSPS) is 22.7. The maximum absolute atomic E-state index is 12.9. The highest BCUT2D eigenvalue weighted by Crippen LogP contribution is 2.44. The summed E-state index contributed by atoms with van der Waals surface area (Å²) < 4.78 is 35.5. The number of ether oxygens (including phenoxy) is 1. The van der Waals surface area contributed by atoms with Gasteiger partial charge in [0, 0.05) is 30.7 Å². The van der Waals surface area contributed by atoms with Crippen molar-refractivity contribution in [3.05, 3.63) is 65.9 Å². The van der Waals surface area contributed by atoms with Crippen molar-refractivity contribution in [3.63, 3.8) is 0 Å². The molecular formula is C33H42N6O7S. The van der Waals surface area contributed by atoms with Crippen LogP contribution in [0.2, 0.25) is 0 Å². The number of anilines is 1. The summed E-state index contributed by atoms with van der Waals surface area (Å²) in [5, 5.41) is 19.9. The summed E-state index contributed by atoms with van der Waals surface area (Å²) in [7, 11) is -4.24. The monoisotopic (exact) mass is 666 g/mol. The Labute approximate surface area is 274 Å². The molecule has 0 spiro atoms. The Morgan fingerprint density at radius 3 is 2.49 bits per heavy atom. The number of piperidine rings is 3. The van der Waals surface area contributed by atoms with E-state index in [9.17, 15) is 23.2 Å². The number of sulfone groups is 1. The van der Waals surface area contributed by atoms with Crippen molar-refractivity contribution in [1.82, 2.24) is 20.7 Å². The van der Waals surface area contributed by atoms with E-state index in [1.807, 2.05) is 0 Å². The maximum atomic E-state index is 12.9. The molecule has 0 aliphatic carbocycles.